The Morgan fingerprint density at radius 1 is 1.10 bits per heavy atom. The maximum atomic E-state index is 13.1. The average molecular weight is 444 g/mol. The van der Waals surface area contributed by atoms with Crippen LogP contribution in [0.4, 0.5) is 0 Å². The molecule has 1 aliphatic heterocycles. The summed E-state index contributed by atoms with van der Waals surface area (Å²) in [6.07, 6.45) is 3.60. The first-order valence-electron chi connectivity index (χ1n) is 10.7. The van der Waals surface area contributed by atoms with E-state index < -0.39 is 10.1 Å². The molecule has 31 heavy (non-hydrogen) atoms. The molecule has 2 aromatic rings. The van der Waals surface area contributed by atoms with E-state index in [1.54, 1.807) is 7.11 Å². The third kappa shape index (κ3) is 4.62. The Bertz CT molecular complexity index is 1040. The van der Waals surface area contributed by atoms with Crippen LogP contribution in [-0.4, -0.2) is 51.8 Å². The molecule has 3 unspecified atom stereocenters. The van der Waals surface area contributed by atoms with Gasteiger partial charge >= 0.3 is 0 Å². The predicted octanol–water partition coefficient (Wildman–Crippen LogP) is 3.62. The van der Waals surface area contributed by atoms with Gasteiger partial charge < -0.3 is 9.64 Å². The molecule has 4 rings (SSSR count). The monoisotopic (exact) mass is 443 g/mol. The number of amides is 1. The van der Waals surface area contributed by atoms with E-state index in [0.29, 0.717) is 31.5 Å². The number of hydrogen-bond donors (Lipinski definition) is 0. The van der Waals surface area contributed by atoms with Crippen molar-refractivity contribution in [1.29, 1.82) is 0 Å². The Morgan fingerprint density at radius 3 is 2.58 bits per heavy atom. The smallest absolute Gasteiger partial charge is 0.264 e. The number of fused-ring (bicyclic) bond motifs is 1. The average Bonchev–Trinajstić information content (AvgIpc) is 2.77. The van der Waals surface area contributed by atoms with E-state index in [4.69, 9.17) is 8.92 Å². The summed E-state index contributed by atoms with van der Waals surface area (Å²) >= 11 is 0. The quantitative estimate of drug-likeness (QED) is 0.660. The van der Waals surface area contributed by atoms with Gasteiger partial charge in [0.15, 0.2) is 0 Å². The summed E-state index contributed by atoms with van der Waals surface area (Å²) in [7, 11) is -1.89. The highest BCUT2D eigenvalue weighted by atomic mass is 32.2. The lowest BCUT2D eigenvalue weighted by Gasteiger charge is -2.52. The van der Waals surface area contributed by atoms with Gasteiger partial charge in [0.25, 0.3) is 16.0 Å². The number of hydrogen-bond acceptors (Lipinski definition) is 5. The van der Waals surface area contributed by atoms with E-state index in [2.05, 4.69) is 6.07 Å². The van der Waals surface area contributed by atoms with Crippen LogP contribution < -0.4 is 4.74 Å². The van der Waals surface area contributed by atoms with Crippen LogP contribution in [0.1, 0.15) is 41.6 Å². The van der Waals surface area contributed by atoms with Crippen molar-refractivity contribution in [1.82, 2.24) is 4.90 Å². The molecule has 2 aromatic carbocycles. The molecule has 6 nitrogen and oxygen atoms in total. The number of carbonyl (C=O) groups excluding carboxylic acids is 1. The molecule has 1 aliphatic carbocycles. The fourth-order valence-corrected chi connectivity index (χ4v) is 5.97. The molecule has 0 spiro atoms. The number of rotatable bonds is 5. The largest absolute Gasteiger partial charge is 0.497 e. The summed E-state index contributed by atoms with van der Waals surface area (Å²) in [6, 6.07) is 17.4. The summed E-state index contributed by atoms with van der Waals surface area (Å²) in [4.78, 5) is 15.0. The Kier molecular flexibility index (Phi) is 6.08. The highest BCUT2D eigenvalue weighted by Crippen LogP contribution is 2.50. The summed E-state index contributed by atoms with van der Waals surface area (Å²) in [5.74, 6) is 1.05. The molecule has 0 N–H and O–H groups in total. The van der Waals surface area contributed by atoms with E-state index in [0.717, 1.165) is 30.4 Å². The molecule has 166 valence electrons. The topological polar surface area (TPSA) is 72.9 Å². The number of methoxy groups -OCH3 is 1. The van der Waals surface area contributed by atoms with Crippen LogP contribution in [0.15, 0.2) is 54.6 Å². The van der Waals surface area contributed by atoms with Gasteiger partial charge in [-0.15, -0.1) is 0 Å². The van der Waals surface area contributed by atoms with Gasteiger partial charge in [-0.3, -0.25) is 8.98 Å². The molecular formula is C24H29NO5S. The summed E-state index contributed by atoms with van der Waals surface area (Å²) in [5.41, 5.74) is 1.58. The SMILES string of the molecule is COc1cccc(C23CCN(C(=O)c4ccccc4)CC2CCC(OS(C)(=O)=O)C3)c1. The van der Waals surface area contributed by atoms with Crippen LogP contribution in [-0.2, 0) is 19.7 Å². The summed E-state index contributed by atoms with van der Waals surface area (Å²) in [5, 5.41) is 0. The van der Waals surface area contributed by atoms with Gasteiger partial charge in [0.2, 0.25) is 0 Å². The van der Waals surface area contributed by atoms with E-state index in [1.807, 2.05) is 53.4 Å². The van der Waals surface area contributed by atoms with Gasteiger partial charge in [-0.05, 0) is 61.4 Å². The van der Waals surface area contributed by atoms with Gasteiger partial charge in [-0.2, -0.15) is 8.42 Å². The first kappa shape index (κ1) is 21.8. The number of nitrogens with zero attached hydrogens (tertiary/aromatic N) is 1. The lowest BCUT2D eigenvalue weighted by molar-refractivity contribution is 0.00968. The van der Waals surface area contributed by atoms with Gasteiger partial charge in [0, 0.05) is 24.1 Å². The number of piperidine rings is 1. The minimum atomic E-state index is -3.53. The minimum absolute atomic E-state index is 0.0503. The van der Waals surface area contributed by atoms with E-state index in [-0.39, 0.29) is 23.3 Å². The van der Waals surface area contributed by atoms with Gasteiger partial charge in [0.05, 0.1) is 19.5 Å². The van der Waals surface area contributed by atoms with Crippen molar-refractivity contribution in [3.8, 4) is 5.75 Å². The molecule has 0 bridgehead atoms. The Hall–Kier alpha value is -2.38. The van der Waals surface area contributed by atoms with Crippen LogP contribution in [0.5, 0.6) is 5.75 Å². The van der Waals surface area contributed by atoms with Crippen LogP contribution >= 0.6 is 0 Å². The molecule has 2 fully saturated rings. The number of benzene rings is 2. The molecule has 7 heteroatoms. The van der Waals surface area contributed by atoms with E-state index in [1.165, 1.54) is 0 Å². The normalized spacial score (nSPS) is 26.2. The Labute approximate surface area is 184 Å². The second-order valence-electron chi connectivity index (χ2n) is 8.66. The van der Waals surface area contributed by atoms with Gasteiger partial charge in [0.1, 0.15) is 5.75 Å². The Morgan fingerprint density at radius 2 is 1.87 bits per heavy atom. The third-order valence-electron chi connectivity index (χ3n) is 6.74. The fraction of sp³-hybridized carbons (Fsp3) is 0.458. The highest BCUT2D eigenvalue weighted by molar-refractivity contribution is 7.86. The van der Waals surface area contributed by atoms with Crippen molar-refractivity contribution in [3.63, 3.8) is 0 Å². The lowest BCUT2D eigenvalue weighted by atomic mass is 9.58. The van der Waals surface area contributed by atoms with Gasteiger partial charge in [-0.25, -0.2) is 0 Å². The minimum Gasteiger partial charge on any atom is -0.497 e. The van der Waals surface area contributed by atoms with Crippen LogP contribution in [0.3, 0.4) is 0 Å². The van der Waals surface area contributed by atoms with Crippen molar-refractivity contribution in [2.24, 2.45) is 5.92 Å². The van der Waals surface area contributed by atoms with Crippen molar-refractivity contribution in [3.05, 3.63) is 65.7 Å². The van der Waals surface area contributed by atoms with E-state index in [9.17, 15) is 13.2 Å². The fourth-order valence-electron chi connectivity index (χ4n) is 5.31. The van der Waals surface area contributed by atoms with Crippen molar-refractivity contribution in [2.75, 3.05) is 26.5 Å². The number of likely N-dealkylation sites (tertiary alicyclic amines) is 1. The molecule has 1 saturated carbocycles. The maximum absolute atomic E-state index is 13.1. The van der Waals surface area contributed by atoms with Crippen molar-refractivity contribution < 1.29 is 22.1 Å². The van der Waals surface area contributed by atoms with Crippen LogP contribution in [0.25, 0.3) is 0 Å². The molecule has 3 atom stereocenters. The van der Waals surface area contributed by atoms with Gasteiger partial charge in [-0.1, -0.05) is 30.3 Å². The Balaban J connectivity index is 1.64. The zero-order valence-electron chi connectivity index (χ0n) is 18.0. The molecule has 0 aromatic heterocycles. The van der Waals surface area contributed by atoms with Crippen molar-refractivity contribution >= 4 is 16.0 Å². The zero-order chi connectivity index (χ0) is 22.1. The third-order valence-corrected chi connectivity index (χ3v) is 7.36. The lowest BCUT2D eigenvalue weighted by Crippen LogP contribution is -2.55. The standard InChI is InChI=1S/C24H29NO5S/c1-29-21-10-6-9-19(15-21)24-13-14-25(23(26)18-7-4-3-5-8-18)17-20(24)11-12-22(16-24)30-31(2,27)28/h3-10,15,20,22H,11-14,16-17H2,1-2H3. The predicted molar refractivity (Wildman–Crippen MR) is 119 cm³/mol. The van der Waals surface area contributed by atoms with E-state index >= 15 is 0 Å². The second-order valence-corrected chi connectivity index (χ2v) is 10.3. The first-order chi connectivity index (χ1) is 14.8. The highest BCUT2D eigenvalue weighted by Gasteiger charge is 2.49. The first-order valence-corrected chi connectivity index (χ1v) is 12.5. The molecule has 1 amide bonds. The maximum Gasteiger partial charge on any atom is 0.264 e. The molecular weight excluding hydrogens is 414 g/mol. The molecule has 1 heterocycles. The number of ether oxygens (including phenoxy) is 1. The molecule has 2 aliphatic rings. The molecule has 1 saturated heterocycles. The van der Waals surface area contributed by atoms with Crippen LogP contribution in [0, 0.1) is 5.92 Å². The summed E-state index contributed by atoms with van der Waals surface area (Å²) < 4.78 is 34.5. The zero-order valence-corrected chi connectivity index (χ0v) is 18.8. The number of carbonyl (C=O) groups is 1. The second kappa shape index (κ2) is 8.63. The van der Waals surface area contributed by atoms with Crippen LogP contribution in [0.2, 0.25) is 0 Å². The van der Waals surface area contributed by atoms with Crippen molar-refractivity contribution in [2.45, 2.75) is 37.2 Å². The summed E-state index contributed by atoms with van der Waals surface area (Å²) in [6.45, 7) is 1.27. The molecule has 0 radical (unpaired) electrons.